The highest BCUT2D eigenvalue weighted by Gasteiger charge is 2.01. The smallest absolute Gasteiger partial charge is 0.218 e. The van der Waals surface area contributed by atoms with Gasteiger partial charge in [0.15, 0.2) is 0 Å². The molecular weight excluding hydrogens is 234 g/mol. The van der Waals surface area contributed by atoms with Crippen molar-refractivity contribution in [3.8, 4) is 18.2 Å². The van der Waals surface area contributed by atoms with Gasteiger partial charge in [-0.1, -0.05) is 5.92 Å². The van der Waals surface area contributed by atoms with Crippen molar-refractivity contribution in [2.24, 2.45) is 0 Å². The average Bonchev–Trinajstić information content (AvgIpc) is 2.28. The van der Waals surface area contributed by atoms with Crippen LogP contribution in [0.2, 0.25) is 0 Å². The summed E-state index contributed by atoms with van der Waals surface area (Å²) < 4.78 is 5.35. The standard InChI is InChI=1S/C12H17N3OS/c1-4-7-17-8-6-13-11-9-12(16-5-2)15-10(3)14-11/h1,9H,5-8H2,2-3H3,(H,13,14,15). The maximum atomic E-state index is 5.35. The van der Waals surface area contributed by atoms with Crippen LogP contribution in [0, 0.1) is 19.3 Å². The molecule has 0 unspecified atom stereocenters. The maximum absolute atomic E-state index is 5.35. The molecule has 5 heteroatoms. The number of thioether (sulfide) groups is 1. The van der Waals surface area contributed by atoms with Crippen LogP contribution in [-0.2, 0) is 0 Å². The second-order valence-corrected chi connectivity index (χ2v) is 4.36. The van der Waals surface area contributed by atoms with Gasteiger partial charge in [-0.2, -0.15) is 4.98 Å². The van der Waals surface area contributed by atoms with Crippen molar-refractivity contribution >= 4 is 17.6 Å². The van der Waals surface area contributed by atoms with Gasteiger partial charge in [-0.05, 0) is 13.8 Å². The Kier molecular flexibility index (Phi) is 6.26. The summed E-state index contributed by atoms with van der Waals surface area (Å²) in [7, 11) is 0. The van der Waals surface area contributed by atoms with Crippen LogP contribution in [0.4, 0.5) is 5.82 Å². The van der Waals surface area contributed by atoms with Crippen molar-refractivity contribution in [1.29, 1.82) is 0 Å². The van der Waals surface area contributed by atoms with Crippen molar-refractivity contribution in [2.75, 3.05) is 30.0 Å². The summed E-state index contributed by atoms with van der Waals surface area (Å²) >= 11 is 1.72. The summed E-state index contributed by atoms with van der Waals surface area (Å²) in [5, 5.41) is 3.22. The van der Waals surface area contributed by atoms with E-state index in [1.165, 1.54) is 0 Å². The number of hydrogen-bond acceptors (Lipinski definition) is 5. The number of ether oxygens (including phenoxy) is 1. The molecule has 4 nitrogen and oxygen atoms in total. The molecule has 1 rings (SSSR count). The number of nitrogens with one attached hydrogen (secondary N) is 1. The largest absolute Gasteiger partial charge is 0.478 e. The number of aromatic nitrogens is 2. The van der Waals surface area contributed by atoms with E-state index in [4.69, 9.17) is 11.2 Å². The number of hydrogen-bond donors (Lipinski definition) is 1. The first-order valence-electron chi connectivity index (χ1n) is 5.49. The minimum atomic E-state index is 0.605. The predicted molar refractivity (Wildman–Crippen MR) is 72.6 cm³/mol. The van der Waals surface area contributed by atoms with Crippen LogP contribution in [-0.4, -0.2) is 34.6 Å². The Morgan fingerprint density at radius 1 is 1.53 bits per heavy atom. The Labute approximate surface area is 107 Å². The lowest BCUT2D eigenvalue weighted by atomic mass is 10.5. The molecule has 0 fully saturated rings. The Morgan fingerprint density at radius 3 is 3.06 bits per heavy atom. The molecule has 0 spiro atoms. The lowest BCUT2D eigenvalue weighted by Crippen LogP contribution is -2.08. The lowest BCUT2D eigenvalue weighted by Gasteiger charge is -2.08. The number of aryl methyl sites for hydroxylation is 1. The molecule has 1 heterocycles. The minimum Gasteiger partial charge on any atom is -0.478 e. The summed E-state index contributed by atoms with van der Waals surface area (Å²) in [6, 6.07) is 1.81. The molecule has 92 valence electrons. The first-order chi connectivity index (χ1) is 8.26. The van der Waals surface area contributed by atoms with E-state index >= 15 is 0 Å². The van der Waals surface area contributed by atoms with E-state index in [0.717, 1.165) is 23.9 Å². The van der Waals surface area contributed by atoms with Gasteiger partial charge >= 0.3 is 0 Å². The number of terminal acetylenes is 1. The topological polar surface area (TPSA) is 47.0 Å². The average molecular weight is 251 g/mol. The molecule has 0 saturated carbocycles. The van der Waals surface area contributed by atoms with E-state index in [2.05, 4.69) is 21.2 Å². The third-order valence-electron chi connectivity index (χ3n) is 1.84. The van der Waals surface area contributed by atoms with Crippen molar-refractivity contribution in [3.63, 3.8) is 0 Å². The number of rotatable bonds is 7. The summed E-state index contributed by atoms with van der Waals surface area (Å²) in [5.74, 6) is 6.40. The molecule has 0 bridgehead atoms. The van der Waals surface area contributed by atoms with Crippen LogP contribution in [0.1, 0.15) is 12.7 Å². The lowest BCUT2D eigenvalue weighted by molar-refractivity contribution is 0.325. The van der Waals surface area contributed by atoms with E-state index in [0.29, 0.717) is 18.3 Å². The number of nitrogens with zero attached hydrogens (tertiary/aromatic N) is 2. The quantitative estimate of drug-likeness (QED) is 0.593. The molecule has 0 radical (unpaired) electrons. The summed E-state index contributed by atoms with van der Waals surface area (Å²) in [6.45, 7) is 5.21. The van der Waals surface area contributed by atoms with Crippen molar-refractivity contribution in [3.05, 3.63) is 11.9 Å². The minimum absolute atomic E-state index is 0.605. The van der Waals surface area contributed by atoms with Gasteiger partial charge in [-0.3, -0.25) is 0 Å². The molecule has 0 aliphatic rings. The first-order valence-corrected chi connectivity index (χ1v) is 6.65. The first kappa shape index (κ1) is 13.7. The highest BCUT2D eigenvalue weighted by Crippen LogP contribution is 2.13. The molecule has 0 saturated heterocycles. The molecule has 0 aromatic carbocycles. The van der Waals surface area contributed by atoms with Gasteiger partial charge in [0.2, 0.25) is 5.88 Å². The molecule has 0 aliphatic heterocycles. The zero-order chi connectivity index (χ0) is 12.5. The van der Waals surface area contributed by atoms with Crippen LogP contribution >= 0.6 is 11.8 Å². The monoisotopic (exact) mass is 251 g/mol. The Bertz CT molecular complexity index is 390. The fourth-order valence-electron chi connectivity index (χ4n) is 1.24. The highest BCUT2D eigenvalue weighted by molar-refractivity contribution is 7.99. The zero-order valence-corrected chi connectivity index (χ0v) is 11.0. The van der Waals surface area contributed by atoms with Crippen LogP contribution in [0.3, 0.4) is 0 Å². The van der Waals surface area contributed by atoms with E-state index in [1.807, 2.05) is 19.9 Å². The molecule has 17 heavy (non-hydrogen) atoms. The third kappa shape index (κ3) is 5.45. The Morgan fingerprint density at radius 2 is 2.35 bits per heavy atom. The highest BCUT2D eigenvalue weighted by atomic mass is 32.2. The van der Waals surface area contributed by atoms with Crippen molar-refractivity contribution in [1.82, 2.24) is 9.97 Å². The molecule has 1 aromatic heterocycles. The van der Waals surface area contributed by atoms with Gasteiger partial charge in [-0.15, -0.1) is 18.2 Å². The van der Waals surface area contributed by atoms with Gasteiger partial charge in [-0.25, -0.2) is 4.98 Å². The Balaban J connectivity index is 2.44. The summed E-state index contributed by atoms with van der Waals surface area (Å²) in [6.07, 6.45) is 5.17. The second-order valence-electron chi connectivity index (χ2n) is 3.26. The SMILES string of the molecule is C#CCSCCNc1cc(OCC)nc(C)n1. The van der Waals surface area contributed by atoms with Gasteiger partial charge in [0.1, 0.15) is 11.6 Å². The zero-order valence-electron chi connectivity index (χ0n) is 10.2. The second kappa shape index (κ2) is 7.80. The molecule has 0 atom stereocenters. The van der Waals surface area contributed by atoms with Gasteiger partial charge in [0, 0.05) is 18.4 Å². The van der Waals surface area contributed by atoms with Gasteiger partial charge in [0.05, 0.1) is 12.4 Å². The van der Waals surface area contributed by atoms with E-state index < -0.39 is 0 Å². The van der Waals surface area contributed by atoms with Crippen LogP contribution in [0.25, 0.3) is 0 Å². The molecule has 1 N–H and O–H groups in total. The normalized spacial score (nSPS) is 9.71. The van der Waals surface area contributed by atoms with Crippen LogP contribution in [0.15, 0.2) is 6.07 Å². The fraction of sp³-hybridized carbons (Fsp3) is 0.500. The van der Waals surface area contributed by atoms with E-state index in [9.17, 15) is 0 Å². The Hall–Kier alpha value is -1.41. The molecule has 1 aromatic rings. The summed E-state index contributed by atoms with van der Waals surface area (Å²) in [5.41, 5.74) is 0. The molecule has 0 aliphatic carbocycles. The van der Waals surface area contributed by atoms with Crippen LogP contribution in [0.5, 0.6) is 5.88 Å². The third-order valence-corrected chi connectivity index (χ3v) is 2.71. The molecule has 0 amide bonds. The van der Waals surface area contributed by atoms with Gasteiger partial charge in [0.25, 0.3) is 0 Å². The number of anilines is 1. The van der Waals surface area contributed by atoms with Crippen LogP contribution < -0.4 is 10.1 Å². The van der Waals surface area contributed by atoms with E-state index in [-0.39, 0.29) is 0 Å². The molecular formula is C12H17N3OS. The van der Waals surface area contributed by atoms with E-state index in [1.54, 1.807) is 11.8 Å². The van der Waals surface area contributed by atoms with Crippen molar-refractivity contribution in [2.45, 2.75) is 13.8 Å². The fourth-order valence-corrected chi connectivity index (χ4v) is 1.74. The summed E-state index contributed by atoms with van der Waals surface area (Å²) in [4.78, 5) is 8.46. The maximum Gasteiger partial charge on any atom is 0.218 e. The predicted octanol–water partition coefficient (Wildman–Crippen LogP) is 1.96. The van der Waals surface area contributed by atoms with Gasteiger partial charge < -0.3 is 10.1 Å². The van der Waals surface area contributed by atoms with Crippen molar-refractivity contribution < 1.29 is 4.74 Å².